The first kappa shape index (κ1) is 12.3. The van der Waals surface area contributed by atoms with Crippen molar-refractivity contribution in [2.45, 2.75) is 6.18 Å². The lowest BCUT2D eigenvalue weighted by Crippen LogP contribution is -2.19. The van der Waals surface area contributed by atoms with E-state index in [0.717, 1.165) is 6.07 Å². The van der Waals surface area contributed by atoms with Crippen LogP contribution in [0.5, 0.6) is 5.75 Å². The minimum Gasteiger partial charge on any atom is -0.483 e. The summed E-state index contributed by atoms with van der Waals surface area (Å²) in [5.41, 5.74) is -0.0401. The van der Waals surface area contributed by atoms with Crippen LogP contribution < -0.4 is 4.74 Å². The number of carboxylic acids is 1. The lowest BCUT2D eigenvalue weighted by Gasteiger charge is -2.10. The van der Waals surface area contributed by atoms with Crippen LogP contribution in [0, 0.1) is 0 Å². The number of hydrogen-bond acceptors (Lipinski definition) is 3. The smallest absolute Gasteiger partial charge is 0.422 e. The fourth-order valence-corrected chi connectivity index (χ4v) is 1.44. The van der Waals surface area contributed by atoms with Gasteiger partial charge < -0.3 is 14.3 Å². The van der Waals surface area contributed by atoms with Gasteiger partial charge in [-0.15, -0.1) is 0 Å². The van der Waals surface area contributed by atoms with Gasteiger partial charge in [-0.1, -0.05) is 0 Å². The van der Waals surface area contributed by atoms with E-state index in [1.165, 1.54) is 18.4 Å². The molecule has 0 aliphatic heterocycles. The van der Waals surface area contributed by atoms with Crippen molar-refractivity contribution in [3.63, 3.8) is 0 Å². The summed E-state index contributed by atoms with van der Waals surface area (Å²) in [6.07, 6.45) is -3.24. The number of furan rings is 1. The highest BCUT2D eigenvalue weighted by Crippen LogP contribution is 2.30. The van der Waals surface area contributed by atoms with Gasteiger partial charge >= 0.3 is 12.1 Å². The summed E-state index contributed by atoms with van der Waals surface area (Å²) in [4.78, 5) is 10.8. The summed E-state index contributed by atoms with van der Waals surface area (Å²) in [7, 11) is 0. The topological polar surface area (TPSA) is 59.7 Å². The second kappa shape index (κ2) is 4.25. The number of rotatable bonds is 3. The van der Waals surface area contributed by atoms with Crippen LogP contribution in [0.3, 0.4) is 0 Å². The molecule has 0 radical (unpaired) electrons. The fraction of sp³-hybridized carbons (Fsp3) is 0.182. The third-order valence-corrected chi connectivity index (χ3v) is 2.17. The van der Waals surface area contributed by atoms with Crippen LogP contribution >= 0.6 is 0 Å². The zero-order valence-electron chi connectivity index (χ0n) is 8.82. The van der Waals surface area contributed by atoms with Gasteiger partial charge in [0.2, 0.25) is 0 Å². The average Bonchev–Trinajstić information content (AvgIpc) is 2.72. The van der Waals surface area contributed by atoms with E-state index in [-0.39, 0.29) is 16.9 Å². The van der Waals surface area contributed by atoms with E-state index in [9.17, 15) is 18.0 Å². The molecule has 0 fully saturated rings. The van der Waals surface area contributed by atoms with Crippen molar-refractivity contribution in [3.05, 3.63) is 30.0 Å². The highest BCUT2D eigenvalue weighted by Gasteiger charge is 2.29. The first-order chi connectivity index (χ1) is 8.37. The monoisotopic (exact) mass is 260 g/mol. The van der Waals surface area contributed by atoms with Gasteiger partial charge in [0.25, 0.3) is 0 Å². The second-order valence-corrected chi connectivity index (χ2v) is 3.52. The summed E-state index contributed by atoms with van der Waals surface area (Å²) in [5, 5.41) is 9.11. The maximum atomic E-state index is 12.1. The molecular weight excluding hydrogens is 253 g/mol. The molecule has 2 aromatic rings. The molecule has 7 heteroatoms. The SMILES string of the molecule is O=C(O)c1cc(OCC(F)(F)F)c2ccoc2c1. The Morgan fingerprint density at radius 2 is 2.11 bits per heavy atom. The van der Waals surface area contributed by atoms with Gasteiger partial charge in [0.1, 0.15) is 11.3 Å². The quantitative estimate of drug-likeness (QED) is 0.921. The van der Waals surface area contributed by atoms with E-state index >= 15 is 0 Å². The molecular formula is C11H7F3O4. The van der Waals surface area contributed by atoms with E-state index in [1.807, 2.05) is 0 Å². The minimum atomic E-state index is -4.49. The molecule has 1 N–H and O–H groups in total. The van der Waals surface area contributed by atoms with Crippen molar-refractivity contribution in [1.29, 1.82) is 0 Å². The van der Waals surface area contributed by atoms with Gasteiger partial charge in [0, 0.05) is 0 Å². The van der Waals surface area contributed by atoms with E-state index in [0.29, 0.717) is 5.39 Å². The Hall–Kier alpha value is -2.18. The Kier molecular flexibility index (Phi) is 2.90. The summed E-state index contributed by atoms with van der Waals surface area (Å²) in [6, 6.07) is 3.66. The number of halogens is 3. The molecule has 1 heterocycles. The van der Waals surface area contributed by atoms with Crippen molar-refractivity contribution >= 4 is 16.9 Å². The number of carbonyl (C=O) groups is 1. The van der Waals surface area contributed by atoms with E-state index in [2.05, 4.69) is 4.74 Å². The first-order valence-corrected chi connectivity index (χ1v) is 4.81. The molecule has 96 valence electrons. The molecule has 0 saturated carbocycles. The fourth-order valence-electron chi connectivity index (χ4n) is 1.44. The van der Waals surface area contributed by atoms with Crippen molar-refractivity contribution in [2.75, 3.05) is 6.61 Å². The largest absolute Gasteiger partial charge is 0.483 e. The van der Waals surface area contributed by atoms with Crippen molar-refractivity contribution in [3.8, 4) is 5.75 Å². The predicted molar refractivity (Wildman–Crippen MR) is 54.7 cm³/mol. The zero-order chi connectivity index (χ0) is 13.3. The van der Waals surface area contributed by atoms with E-state index in [4.69, 9.17) is 9.52 Å². The molecule has 18 heavy (non-hydrogen) atoms. The van der Waals surface area contributed by atoms with Crippen molar-refractivity contribution in [1.82, 2.24) is 0 Å². The number of carboxylic acid groups (broad SMARTS) is 1. The molecule has 0 spiro atoms. The van der Waals surface area contributed by atoms with Crippen LogP contribution in [0.25, 0.3) is 11.0 Å². The number of aromatic carboxylic acids is 1. The van der Waals surface area contributed by atoms with E-state index in [1.54, 1.807) is 0 Å². The standard InChI is InChI=1S/C11H7F3O4/c12-11(13,14)5-18-9-4-6(10(15)16)3-8-7(9)1-2-17-8/h1-4H,5H2,(H,15,16). The summed E-state index contributed by atoms with van der Waals surface area (Å²) >= 11 is 0. The Balaban J connectivity index is 2.41. The molecule has 0 saturated heterocycles. The maximum Gasteiger partial charge on any atom is 0.422 e. The number of fused-ring (bicyclic) bond motifs is 1. The van der Waals surface area contributed by atoms with Gasteiger partial charge in [0.15, 0.2) is 6.61 Å². The lowest BCUT2D eigenvalue weighted by atomic mass is 10.1. The molecule has 4 nitrogen and oxygen atoms in total. The second-order valence-electron chi connectivity index (χ2n) is 3.52. The molecule has 2 rings (SSSR count). The molecule has 0 atom stereocenters. The minimum absolute atomic E-state index is 0.159. The lowest BCUT2D eigenvalue weighted by molar-refractivity contribution is -0.153. The molecule has 0 bridgehead atoms. The molecule has 0 unspecified atom stereocenters. The third-order valence-electron chi connectivity index (χ3n) is 2.17. The predicted octanol–water partition coefficient (Wildman–Crippen LogP) is 3.07. The van der Waals surface area contributed by atoms with E-state index < -0.39 is 18.8 Å². The van der Waals surface area contributed by atoms with Gasteiger partial charge in [0.05, 0.1) is 17.2 Å². The Labute approximate surface area is 98.6 Å². The van der Waals surface area contributed by atoms with Crippen LogP contribution in [0.15, 0.2) is 28.9 Å². The molecule has 1 aromatic heterocycles. The van der Waals surface area contributed by atoms with Crippen LogP contribution in [0.1, 0.15) is 10.4 Å². The van der Waals surface area contributed by atoms with Crippen LogP contribution in [-0.2, 0) is 0 Å². The van der Waals surface area contributed by atoms with Gasteiger partial charge in [-0.25, -0.2) is 4.79 Å². The summed E-state index contributed by atoms with van der Waals surface area (Å²) < 4.78 is 45.7. The maximum absolute atomic E-state index is 12.1. The highest BCUT2D eigenvalue weighted by molar-refractivity contribution is 5.95. The van der Waals surface area contributed by atoms with Crippen LogP contribution in [-0.4, -0.2) is 23.9 Å². The molecule has 0 aliphatic rings. The number of ether oxygens (including phenoxy) is 1. The van der Waals surface area contributed by atoms with Crippen LogP contribution in [0.4, 0.5) is 13.2 Å². The number of hydrogen-bond donors (Lipinski definition) is 1. The van der Waals surface area contributed by atoms with Crippen molar-refractivity contribution < 1.29 is 32.2 Å². The first-order valence-electron chi connectivity index (χ1n) is 4.81. The molecule has 0 amide bonds. The number of alkyl halides is 3. The summed E-state index contributed by atoms with van der Waals surface area (Å²) in [5.74, 6) is -1.44. The third kappa shape index (κ3) is 2.55. The van der Waals surface area contributed by atoms with Crippen molar-refractivity contribution in [2.24, 2.45) is 0 Å². The highest BCUT2D eigenvalue weighted by atomic mass is 19.4. The van der Waals surface area contributed by atoms with Gasteiger partial charge in [-0.05, 0) is 18.2 Å². The molecule has 0 aliphatic carbocycles. The zero-order valence-corrected chi connectivity index (χ0v) is 8.82. The Bertz CT molecular complexity index is 585. The average molecular weight is 260 g/mol. The van der Waals surface area contributed by atoms with Crippen LogP contribution in [0.2, 0.25) is 0 Å². The summed E-state index contributed by atoms with van der Waals surface area (Å²) in [6.45, 7) is -1.49. The number of benzene rings is 1. The van der Waals surface area contributed by atoms with Gasteiger partial charge in [-0.2, -0.15) is 13.2 Å². The normalized spacial score (nSPS) is 11.7. The Morgan fingerprint density at radius 1 is 1.39 bits per heavy atom. The molecule has 1 aromatic carbocycles. The van der Waals surface area contributed by atoms with Gasteiger partial charge in [-0.3, -0.25) is 0 Å². The Morgan fingerprint density at radius 3 is 2.72 bits per heavy atom.